The second-order valence-electron chi connectivity index (χ2n) is 6.27. The van der Waals surface area contributed by atoms with Crippen molar-refractivity contribution in [3.8, 4) is 0 Å². The minimum absolute atomic E-state index is 0.0572. The van der Waals surface area contributed by atoms with Crippen LogP contribution in [0.5, 0.6) is 0 Å². The van der Waals surface area contributed by atoms with Crippen LogP contribution in [0.25, 0.3) is 0 Å². The van der Waals surface area contributed by atoms with Gasteiger partial charge >= 0.3 is 0 Å². The van der Waals surface area contributed by atoms with Gasteiger partial charge in [0.2, 0.25) is 0 Å². The molecule has 1 N–H and O–H groups in total. The molecule has 3 heterocycles. The summed E-state index contributed by atoms with van der Waals surface area (Å²) in [5, 5.41) is 5.19. The van der Waals surface area contributed by atoms with Crippen LogP contribution in [0.4, 0.5) is 0 Å². The predicted octanol–water partition coefficient (Wildman–Crippen LogP) is 2.17. The van der Waals surface area contributed by atoms with Gasteiger partial charge in [0.15, 0.2) is 0 Å². The van der Waals surface area contributed by atoms with E-state index in [2.05, 4.69) is 44.7 Å². The van der Waals surface area contributed by atoms with Crippen LogP contribution in [0.15, 0.2) is 35.8 Å². The number of piperazine rings is 1. The third kappa shape index (κ3) is 4.20. The summed E-state index contributed by atoms with van der Waals surface area (Å²) in [5.41, 5.74) is 1.53. The average Bonchev–Trinajstić information content (AvgIpc) is 3.11. The molecule has 0 spiro atoms. The highest BCUT2D eigenvalue weighted by atomic mass is 32.1. The Morgan fingerprint density at radius 2 is 2.08 bits per heavy atom. The highest BCUT2D eigenvalue weighted by molar-refractivity contribution is 7.10. The van der Waals surface area contributed by atoms with Crippen LogP contribution < -0.4 is 5.32 Å². The first kappa shape index (κ1) is 17.1. The summed E-state index contributed by atoms with van der Waals surface area (Å²) in [4.78, 5) is 22.7. The van der Waals surface area contributed by atoms with E-state index in [9.17, 15) is 4.79 Å². The van der Waals surface area contributed by atoms with Gasteiger partial charge in [-0.3, -0.25) is 14.7 Å². The van der Waals surface area contributed by atoms with Gasteiger partial charge in [-0.15, -0.1) is 11.3 Å². The Hall–Kier alpha value is -1.76. The number of rotatable bonds is 5. The maximum atomic E-state index is 12.4. The van der Waals surface area contributed by atoms with Gasteiger partial charge in [-0.1, -0.05) is 6.07 Å². The topological polar surface area (TPSA) is 48.5 Å². The Morgan fingerprint density at radius 3 is 2.71 bits per heavy atom. The molecule has 5 nitrogen and oxygen atoms in total. The average molecular weight is 344 g/mol. The summed E-state index contributed by atoms with van der Waals surface area (Å²) >= 11 is 1.76. The predicted molar refractivity (Wildman–Crippen MR) is 97.4 cm³/mol. The Kier molecular flexibility index (Phi) is 5.60. The zero-order valence-corrected chi connectivity index (χ0v) is 15.1. The molecule has 1 saturated heterocycles. The molecular weight excluding hydrogens is 320 g/mol. The van der Waals surface area contributed by atoms with E-state index < -0.39 is 0 Å². The molecular formula is C18H24N4OS. The number of nitrogens with zero attached hydrogens (tertiary/aromatic N) is 3. The lowest BCUT2D eigenvalue weighted by molar-refractivity contribution is 0.0890. The van der Waals surface area contributed by atoms with Gasteiger partial charge in [0.1, 0.15) is 0 Å². The minimum Gasteiger partial charge on any atom is -0.350 e. The number of thiophene rings is 1. The van der Waals surface area contributed by atoms with Crippen molar-refractivity contribution < 1.29 is 4.79 Å². The molecule has 1 atom stereocenters. The molecule has 3 rings (SSSR count). The Morgan fingerprint density at radius 1 is 1.29 bits per heavy atom. The third-order valence-corrected chi connectivity index (χ3v) is 5.45. The fourth-order valence-electron chi connectivity index (χ4n) is 2.92. The van der Waals surface area contributed by atoms with Crippen molar-refractivity contribution in [1.82, 2.24) is 20.1 Å². The van der Waals surface area contributed by atoms with Gasteiger partial charge in [0, 0.05) is 49.5 Å². The molecule has 0 saturated carbocycles. The van der Waals surface area contributed by atoms with Crippen molar-refractivity contribution in [1.29, 1.82) is 0 Å². The molecule has 128 valence electrons. The number of aromatic nitrogens is 1. The van der Waals surface area contributed by atoms with Gasteiger partial charge in [-0.2, -0.15) is 0 Å². The van der Waals surface area contributed by atoms with Crippen LogP contribution in [0.1, 0.15) is 27.0 Å². The van der Waals surface area contributed by atoms with E-state index in [0.29, 0.717) is 12.1 Å². The van der Waals surface area contributed by atoms with Gasteiger partial charge in [-0.05, 0) is 37.6 Å². The lowest BCUT2D eigenvalue weighted by Crippen LogP contribution is -2.48. The SMILES string of the molecule is Cc1ccc(C(=O)NCC(c2cccs2)N2CCN(C)CC2)cn1. The Balaban J connectivity index is 1.66. The maximum absolute atomic E-state index is 12.4. The highest BCUT2D eigenvalue weighted by Gasteiger charge is 2.25. The van der Waals surface area contributed by atoms with E-state index in [1.165, 1.54) is 4.88 Å². The summed E-state index contributed by atoms with van der Waals surface area (Å²) in [6, 6.07) is 8.17. The number of hydrogen-bond donors (Lipinski definition) is 1. The lowest BCUT2D eigenvalue weighted by Gasteiger charge is -2.37. The van der Waals surface area contributed by atoms with Crippen molar-refractivity contribution >= 4 is 17.2 Å². The molecule has 1 aliphatic rings. The molecule has 1 unspecified atom stereocenters. The number of aryl methyl sites for hydroxylation is 1. The summed E-state index contributed by atoms with van der Waals surface area (Å²) in [6.45, 7) is 6.73. The Labute approximate surface area is 147 Å². The summed E-state index contributed by atoms with van der Waals surface area (Å²) in [5.74, 6) is -0.0572. The molecule has 1 fully saturated rings. The first-order valence-electron chi connectivity index (χ1n) is 8.30. The molecule has 0 aliphatic carbocycles. The molecule has 2 aromatic rings. The molecule has 24 heavy (non-hydrogen) atoms. The number of likely N-dealkylation sites (N-methyl/N-ethyl adjacent to an activating group) is 1. The maximum Gasteiger partial charge on any atom is 0.252 e. The van der Waals surface area contributed by atoms with Crippen LogP contribution in [-0.4, -0.2) is 60.5 Å². The van der Waals surface area contributed by atoms with E-state index in [-0.39, 0.29) is 11.9 Å². The fraction of sp³-hybridized carbons (Fsp3) is 0.444. The number of carbonyl (C=O) groups is 1. The normalized spacial score (nSPS) is 17.6. The lowest BCUT2D eigenvalue weighted by atomic mass is 10.1. The number of hydrogen-bond acceptors (Lipinski definition) is 5. The summed E-state index contributed by atoms with van der Waals surface area (Å²) in [6.07, 6.45) is 1.64. The van der Waals surface area contributed by atoms with E-state index in [0.717, 1.165) is 31.9 Å². The largest absolute Gasteiger partial charge is 0.350 e. The second-order valence-corrected chi connectivity index (χ2v) is 7.25. The smallest absolute Gasteiger partial charge is 0.252 e. The van der Waals surface area contributed by atoms with Crippen molar-refractivity contribution in [2.45, 2.75) is 13.0 Å². The number of amides is 1. The first-order valence-corrected chi connectivity index (χ1v) is 9.18. The molecule has 0 bridgehead atoms. The van der Waals surface area contributed by atoms with Crippen LogP contribution in [0.2, 0.25) is 0 Å². The van der Waals surface area contributed by atoms with Gasteiger partial charge < -0.3 is 10.2 Å². The fourth-order valence-corrected chi connectivity index (χ4v) is 3.78. The van der Waals surface area contributed by atoms with Gasteiger partial charge in [-0.25, -0.2) is 0 Å². The number of nitrogens with one attached hydrogen (secondary N) is 1. The number of carbonyl (C=O) groups excluding carboxylic acids is 1. The van der Waals surface area contributed by atoms with Crippen molar-refractivity contribution in [3.63, 3.8) is 0 Å². The summed E-state index contributed by atoms with van der Waals surface area (Å²) in [7, 11) is 2.16. The van der Waals surface area contributed by atoms with Gasteiger partial charge in [0.05, 0.1) is 11.6 Å². The molecule has 6 heteroatoms. The monoisotopic (exact) mass is 344 g/mol. The van der Waals surface area contributed by atoms with Crippen LogP contribution >= 0.6 is 11.3 Å². The van der Waals surface area contributed by atoms with E-state index in [1.54, 1.807) is 17.5 Å². The molecule has 1 amide bonds. The van der Waals surface area contributed by atoms with Crippen molar-refractivity contribution in [3.05, 3.63) is 52.0 Å². The zero-order valence-electron chi connectivity index (χ0n) is 14.2. The first-order chi connectivity index (χ1) is 11.6. The van der Waals surface area contributed by atoms with Crippen molar-refractivity contribution in [2.75, 3.05) is 39.8 Å². The second kappa shape index (κ2) is 7.88. The quantitative estimate of drug-likeness (QED) is 0.903. The molecule has 0 radical (unpaired) electrons. The van der Waals surface area contributed by atoms with E-state index in [1.807, 2.05) is 19.1 Å². The molecule has 0 aromatic carbocycles. The molecule has 1 aliphatic heterocycles. The Bertz CT molecular complexity index is 648. The molecule has 2 aromatic heterocycles. The standard InChI is InChI=1S/C18H24N4OS/c1-14-5-6-15(12-19-14)18(23)20-13-16(17-4-3-11-24-17)22-9-7-21(2)8-10-22/h3-6,11-12,16H,7-10,13H2,1-2H3,(H,20,23). The number of pyridine rings is 1. The zero-order chi connectivity index (χ0) is 16.9. The van der Waals surface area contributed by atoms with E-state index in [4.69, 9.17) is 0 Å². The summed E-state index contributed by atoms with van der Waals surface area (Å²) < 4.78 is 0. The van der Waals surface area contributed by atoms with Crippen LogP contribution in [0.3, 0.4) is 0 Å². The minimum atomic E-state index is -0.0572. The van der Waals surface area contributed by atoms with Crippen molar-refractivity contribution in [2.24, 2.45) is 0 Å². The van der Waals surface area contributed by atoms with Crippen LogP contribution in [-0.2, 0) is 0 Å². The highest BCUT2D eigenvalue weighted by Crippen LogP contribution is 2.25. The van der Waals surface area contributed by atoms with E-state index >= 15 is 0 Å². The van der Waals surface area contributed by atoms with Crippen LogP contribution in [0, 0.1) is 6.92 Å². The van der Waals surface area contributed by atoms with Gasteiger partial charge in [0.25, 0.3) is 5.91 Å². The third-order valence-electron chi connectivity index (χ3n) is 4.48.